The number of rotatable bonds is 5. The van der Waals surface area contributed by atoms with E-state index in [1.165, 1.54) is 0 Å². The largest absolute Gasteiger partial charge is 0.476 e. The van der Waals surface area contributed by atoms with E-state index < -0.39 is 11.9 Å². The third kappa shape index (κ3) is 4.72. The lowest BCUT2D eigenvalue weighted by molar-refractivity contribution is -0.0221. The number of aromatic carboxylic acids is 1. The monoisotopic (exact) mass is 455 g/mol. The number of nitrogens with one attached hydrogen (secondary N) is 1. The standard InChI is InChI=1S/C24H27F2N5O2/c1-13-11-17(15(3)28-18-6-5-14(2)27-21(18)23(32)33)20-19(12-13)29-16(4)22(30-20)31-9-7-24(25,26)8-10-31/h5-6,11-12,15,28H,7-10H2,1-4H3,(H,32,33)/t15-/m1/s1. The molecule has 0 aliphatic carbocycles. The van der Waals surface area contributed by atoms with Crippen molar-refractivity contribution in [2.45, 2.75) is 52.5 Å². The van der Waals surface area contributed by atoms with E-state index in [1.54, 1.807) is 19.1 Å². The Hall–Kier alpha value is -3.36. The van der Waals surface area contributed by atoms with Crippen molar-refractivity contribution >= 4 is 28.5 Å². The predicted molar refractivity (Wildman–Crippen MR) is 123 cm³/mol. The van der Waals surface area contributed by atoms with Crippen molar-refractivity contribution in [3.63, 3.8) is 0 Å². The molecule has 0 amide bonds. The number of carboxylic acid groups (broad SMARTS) is 1. The molecule has 3 heterocycles. The molecule has 174 valence electrons. The highest BCUT2D eigenvalue weighted by molar-refractivity contribution is 5.92. The molecule has 0 radical (unpaired) electrons. The van der Waals surface area contributed by atoms with Crippen molar-refractivity contribution in [1.29, 1.82) is 0 Å². The molecule has 33 heavy (non-hydrogen) atoms. The first-order valence-corrected chi connectivity index (χ1v) is 10.9. The molecule has 1 fully saturated rings. The van der Waals surface area contributed by atoms with Gasteiger partial charge in [0.1, 0.15) is 0 Å². The lowest BCUT2D eigenvalue weighted by atomic mass is 10.0. The number of benzene rings is 1. The smallest absolute Gasteiger partial charge is 0.356 e. The van der Waals surface area contributed by atoms with E-state index in [4.69, 9.17) is 9.97 Å². The highest BCUT2D eigenvalue weighted by Gasteiger charge is 2.35. The minimum absolute atomic E-state index is 0.0457. The summed E-state index contributed by atoms with van der Waals surface area (Å²) in [5, 5.41) is 12.8. The molecule has 9 heteroatoms. The molecule has 0 unspecified atom stereocenters. The fourth-order valence-corrected chi connectivity index (χ4v) is 4.23. The van der Waals surface area contributed by atoms with Crippen LogP contribution in [0.2, 0.25) is 0 Å². The van der Waals surface area contributed by atoms with Crippen molar-refractivity contribution in [1.82, 2.24) is 15.0 Å². The molecule has 4 rings (SSSR count). The quantitative estimate of drug-likeness (QED) is 0.556. The van der Waals surface area contributed by atoms with Crippen LogP contribution in [0.1, 0.15) is 58.8 Å². The number of carbonyl (C=O) groups is 1. The Labute approximate surface area is 190 Å². The first-order chi connectivity index (χ1) is 15.5. The summed E-state index contributed by atoms with van der Waals surface area (Å²) in [7, 11) is 0. The number of alkyl halides is 2. The predicted octanol–water partition coefficient (Wildman–Crippen LogP) is 5.06. The van der Waals surface area contributed by atoms with Gasteiger partial charge in [-0.25, -0.2) is 28.5 Å². The number of halogens is 2. The summed E-state index contributed by atoms with van der Waals surface area (Å²) in [4.78, 5) is 27.3. The average Bonchev–Trinajstić information content (AvgIpc) is 2.74. The van der Waals surface area contributed by atoms with Gasteiger partial charge >= 0.3 is 5.97 Å². The van der Waals surface area contributed by atoms with Gasteiger partial charge in [-0.05, 0) is 51.5 Å². The van der Waals surface area contributed by atoms with Crippen molar-refractivity contribution in [2.75, 3.05) is 23.3 Å². The lowest BCUT2D eigenvalue weighted by Gasteiger charge is -2.33. The number of hydrogen-bond acceptors (Lipinski definition) is 6. The maximum Gasteiger partial charge on any atom is 0.356 e. The van der Waals surface area contributed by atoms with Crippen LogP contribution in [0.15, 0.2) is 24.3 Å². The van der Waals surface area contributed by atoms with E-state index in [0.717, 1.165) is 11.1 Å². The van der Waals surface area contributed by atoms with E-state index in [9.17, 15) is 18.7 Å². The zero-order chi connectivity index (χ0) is 23.9. The molecule has 1 aliphatic rings. The number of piperidine rings is 1. The van der Waals surface area contributed by atoms with Gasteiger partial charge in [0, 0.05) is 37.2 Å². The summed E-state index contributed by atoms with van der Waals surface area (Å²) in [5.41, 5.74) is 4.89. The number of aryl methyl sites for hydroxylation is 3. The van der Waals surface area contributed by atoms with E-state index in [2.05, 4.69) is 10.3 Å². The molecule has 0 saturated carbocycles. The second-order valence-electron chi connectivity index (χ2n) is 8.72. The third-order valence-electron chi connectivity index (χ3n) is 5.96. The van der Waals surface area contributed by atoms with Gasteiger partial charge in [0.25, 0.3) is 5.92 Å². The molecule has 1 aromatic carbocycles. The number of fused-ring (bicyclic) bond motifs is 1. The summed E-state index contributed by atoms with van der Waals surface area (Å²) < 4.78 is 27.3. The molecule has 2 N–H and O–H groups in total. The highest BCUT2D eigenvalue weighted by atomic mass is 19.3. The van der Waals surface area contributed by atoms with E-state index in [1.807, 2.05) is 37.8 Å². The number of pyridine rings is 1. The zero-order valence-corrected chi connectivity index (χ0v) is 19.1. The molecule has 0 bridgehead atoms. The molecule has 1 atom stereocenters. The Kier molecular flexibility index (Phi) is 5.90. The zero-order valence-electron chi connectivity index (χ0n) is 19.1. The molecule has 3 aromatic rings. The van der Waals surface area contributed by atoms with Gasteiger partial charge in [-0.1, -0.05) is 6.07 Å². The van der Waals surface area contributed by atoms with Crippen molar-refractivity contribution in [2.24, 2.45) is 0 Å². The van der Waals surface area contributed by atoms with E-state index >= 15 is 0 Å². The maximum absolute atomic E-state index is 13.7. The Morgan fingerprint density at radius 2 is 1.82 bits per heavy atom. The summed E-state index contributed by atoms with van der Waals surface area (Å²) in [5.74, 6) is -3.14. The van der Waals surface area contributed by atoms with E-state index in [-0.39, 0.29) is 37.7 Å². The molecule has 1 aliphatic heterocycles. The van der Waals surface area contributed by atoms with Crippen LogP contribution in [0, 0.1) is 20.8 Å². The Balaban J connectivity index is 1.74. The number of carboxylic acids is 1. The first-order valence-electron chi connectivity index (χ1n) is 10.9. The summed E-state index contributed by atoms with van der Waals surface area (Å²) in [6, 6.07) is 7.08. The minimum atomic E-state index is -2.64. The van der Waals surface area contributed by atoms with Gasteiger partial charge in [-0.2, -0.15) is 0 Å². The van der Waals surface area contributed by atoms with Gasteiger partial charge in [0.2, 0.25) is 0 Å². The van der Waals surface area contributed by atoms with Crippen molar-refractivity contribution < 1.29 is 18.7 Å². The molecule has 2 aromatic heterocycles. The SMILES string of the molecule is Cc1cc([C@@H](C)Nc2ccc(C)nc2C(=O)O)c2nc(N3CCC(F)(F)CC3)c(C)nc2c1. The normalized spacial score (nSPS) is 16.6. The van der Waals surface area contributed by atoms with Crippen LogP contribution in [-0.4, -0.2) is 45.0 Å². The van der Waals surface area contributed by atoms with Crippen LogP contribution in [0.3, 0.4) is 0 Å². The number of aromatic nitrogens is 3. The van der Waals surface area contributed by atoms with Gasteiger partial charge in [-0.3, -0.25) is 0 Å². The van der Waals surface area contributed by atoms with Crippen molar-refractivity contribution in [3.8, 4) is 0 Å². The molecular formula is C24H27F2N5O2. The fraction of sp³-hybridized carbons (Fsp3) is 0.417. The summed E-state index contributed by atoms with van der Waals surface area (Å²) in [6.45, 7) is 7.91. The topological polar surface area (TPSA) is 91.2 Å². The highest BCUT2D eigenvalue weighted by Crippen LogP contribution is 2.33. The van der Waals surface area contributed by atoms with Crippen LogP contribution in [0.4, 0.5) is 20.3 Å². The molecule has 7 nitrogen and oxygen atoms in total. The van der Waals surface area contributed by atoms with Crippen LogP contribution in [-0.2, 0) is 0 Å². The fourth-order valence-electron chi connectivity index (χ4n) is 4.23. The minimum Gasteiger partial charge on any atom is -0.476 e. The number of anilines is 2. The molecule has 0 spiro atoms. The van der Waals surface area contributed by atoms with Crippen LogP contribution in [0.25, 0.3) is 11.0 Å². The van der Waals surface area contributed by atoms with Crippen LogP contribution >= 0.6 is 0 Å². The van der Waals surface area contributed by atoms with Crippen LogP contribution in [0.5, 0.6) is 0 Å². The lowest BCUT2D eigenvalue weighted by Crippen LogP contribution is -2.40. The number of hydrogen-bond donors (Lipinski definition) is 2. The number of nitrogens with zero attached hydrogens (tertiary/aromatic N) is 4. The van der Waals surface area contributed by atoms with Crippen molar-refractivity contribution in [3.05, 3.63) is 52.5 Å². The molecular weight excluding hydrogens is 428 g/mol. The van der Waals surface area contributed by atoms with Gasteiger partial charge in [0.15, 0.2) is 11.5 Å². The van der Waals surface area contributed by atoms with Gasteiger partial charge < -0.3 is 15.3 Å². The van der Waals surface area contributed by atoms with E-state index in [0.29, 0.717) is 33.9 Å². The summed E-state index contributed by atoms with van der Waals surface area (Å²) >= 11 is 0. The Morgan fingerprint density at radius 3 is 2.48 bits per heavy atom. The van der Waals surface area contributed by atoms with Gasteiger partial charge in [-0.15, -0.1) is 0 Å². The second-order valence-corrected chi connectivity index (χ2v) is 8.72. The maximum atomic E-state index is 13.7. The van der Waals surface area contributed by atoms with Gasteiger partial charge in [0.05, 0.1) is 28.5 Å². The summed E-state index contributed by atoms with van der Waals surface area (Å²) in [6.07, 6.45) is -0.410. The average molecular weight is 456 g/mol. The Bertz CT molecular complexity index is 1220. The first kappa shape index (κ1) is 22.8. The Morgan fingerprint density at radius 1 is 1.12 bits per heavy atom. The molecule has 1 saturated heterocycles. The van der Waals surface area contributed by atoms with Crippen LogP contribution < -0.4 is 10.2 Å². The third-order valence-corrected chi connectivity index (χ3v) is 5.96. The second kappa shape index (κ2) is 8.53.